The Labute approximate surface area is 314 Å². The molecule has 14 heteroatoms. The number of nitrogens with one attached hydrogen (secondary N) is 3. The molecule has 2 aliphatic heterocycles. The number of allylic oxidation sites excluding steroid dienone is 1. The van der Waals surface area contributed by atoms with Gasteiger partial charge >= 0.3 is 6.09 Å². The van der Waals surface area contributed by atoms with Gasteiger partial charge in [-0.2, -0.15) is 0 Å². The van der Waals surface area contributed by atoms with Crippen LogP contribution in [0.5, 0.6) is 0 Å². The smallest absolute Gasteiger partial charge is 0.410 e. The van der Waals surface area contributed by atoms with Crippen LogP contribution < -0.4 is 15.4 Å². The fraction of sp³-hybridized carbons (Fsp3) is 0.425. The number of piperazine rings is 1. The Kier molecular flexibility index (Phi) is 10.7. The fourth-order valence-electron chi connectivity index (χ4n) is 7.39. The molecule has 2 heterocycles. The van der Waals surface area contributed by atoms with Crippen molar-refractivity contribution in [1.82, 2.24) is 25.2 Å². The Morgan fingerprint density at radius 3 is 2.44 bits per heavy atom. The lowest BCUT2D eigenvalue weighted by molar-refractivity contribution is -0.146. The maximum Gasteiger partial charge on any atom is 0.410 e. The molecule has 4 atom stereocenters. The van der Waals surface area contributed by atoms with Crippen LogP contribution in [0.15, 0.2) is 84.9 Å². The normalized spacial score (nSPS) is 25.5. The van der Waals surface area contributed by atoms with E-state index in [0.29, 0.717) is 37.7 Å². The Hall–Kier alpha value is -5.24. The van der Waals surface area contributed by atoms with Crippen molar-refractivity contribution in [1.29, 1.82) is 0 Å². The van der Waals surface area contributed by atoms with Crippen LogP contribution in [0, 0.1) is 5.92 Å². The number of amides is 5. The largest absolute Gasteiger partial charge is 0.445 e. The number of nitrogens with zero attached hydrogens (tertiary/aromatic N) is 2. The summed E-state index contributed by atoms with van der Waals surface area (Å²) in [6.45, 7) is -0.253. The van der Waals surface area contributed by atoms with Gasteiger partial charge in [-0.3, -0.25) is 23.9 Å². The lowest BCUT2D eigenvalue weighted by Crippen LogP contribution is -2.66. The first-order chi connectivity index (χ1) is 26.1. The third kappa shape index (κ3) is 8.13. The number of rotatable bonds is 7. The summed E-state index contributed by atoms with van der Waals surface area (Å²) in [7, 11) is -3.92. The van der Waals surface area contributed by atoms with Gasteiger partial charge < -0.3 is 25.2 Å². The lowest BCUT2D eigenvalue weighted by atomic mass is 10.0. The molecule has 3 fully saturated rings. The lowest BCUT2D eigenvalue weighted by Gasteiger charge is -2.41. The minimum Gasteiger partial charge on any atom is -0.445 e. The zero-order chi connectivity index (χ0) is 37.9. The molecule has 3 aromatic carbocycles. The first-order valence-corrected chi connectivity index (χ1v) is 20.2. The topological polar surface area (TPSA) is 171 Å². The zero-order valence-electron chi connectivity index (χ0n) is 29.9. The van der Waals surface area contributed by atoms with E-state index in [4.69, 9.17) is 4.74 Å². The van der Waals surface area contributed by atoms with Crippen molar-refractivity contribution in [3.63, 3.8) is 0 Å². The van der Waals surface area contributed by atoms with Crippen LogP contribution in [0.3, 0.4) is 0 Å². The molecule has 3 aromatic rings. The number of ether oxygens (including phenoxy) is 1. The van der Waals surface area contributed by atoms with E-state index < -0.39 is 68.5 Å². The van der Waals surface area contributed by atoms with Crippen molar-refractivity contribution in [3.05, 3.63) is 96.1 Å². The van der Waals surface area contributed by atoms with Crippen molar-refractivity contribution >= 4 is 50.5 Å². The average Bonchev–Trinajstić information content (AvgIpc) is 4.12. The summed E-state index contributed by atoms with van der Waals surface area (Å²) in [5, 5.41) is 7.00. The predicted octanol–water partition coefficient (Wildman–Crippen LogP) is 3.79. The number of fused-ring (bicyclic) bond motifs is 3. The van der Waals surface area contributed by atoms with Gasteiger partial charge in [0.05, 0.1) is 11.8 Å². The quantitative estimate of drug-likeness (QED) is 0.306. The summed E-state index contributed by atoms with van der Waals surface area (Å²) in [5.74, 6) is -2.92. The minimum atomic E-state index is -3.92. The number of benzene rings is 3. The summed E-state index contributed by atoms with van der Waals surface area (Å²) < 4.78 is 33.6. The van der Waals surface area contributed by atoms with Crippen molar-refractivity contribution < 1.29 is 37.1 Å². The van der Waals surface area contributed by atoms with Crippen LogP contribution in [-0.4, -0.2) is 90.4 Å². The first kappa shape index (κ1) is 37.1. The van der Waals surface area contributed by atoms with E-state index in [1.165, 1.54) is 9.80 Å². The molecule has 1 saturated heterocycles. The number of hydrogen-bond acceptors (Lipinski definition) is 8. The van der Waals surface area contributed by atoms with Gasteiger partial charge in [0.2, 0.25) is 21.8 Å². The molecule has 0 spiro atoms. The third-order valence-corrected chi connectivity index (χ3v) is 12.6. The van der Waals surface area contributed by atoms with Crippen LogP contribution in [-0.2, 0) is 35.8 Å². The van der Waals surface area contributed by atoms with Crippen LogP contribution in [0.4, 0.5) is 4.79 Å². The third-order valence-electron chi connectivity index (χ3n) is 10.8. The monoisotopic (exact) mass is 755 g/mol. The van der Waals surface area contributed by atoms with Gasteiger partial charge in [0.25, 0.3) is 11.8 Å². The van der Waals surface area contributed by atoms with E-state index in [-0.39, 0.29) is 32.7 Å². The Morgan fingerprint density at radius 1 is 0.889 bits per heavy atom. The van der Waals surface area contributed by atoms with Gasteiger partial charge in [-0.05, 0) is 67.0 Å². The Bertz CT molecular complexity index is 2060. The van der Waals surface area contributed by atoms with Crippen molar-refractivity contribution in [2.24, 2.45) is 5.92 Å². The van der Waals surface area contributed by atoms with Crippen LogP contribution in [0.25, 0.3) is 10.8 Å². The molecule has 0 aromatic heterocycles. The second-order valence-corrected chi connectivity index (χ2v) is 16.6. The predicted molar refractivity (Wildman–Crippen MR) is 200 cm³/mol. The van der Waals surface area contributed by atoms with Crippen molar-refractivity contribution in [2.75, 3.05) is 19.6 Å². The molecule has 7 rings (SSSR count). The van der Waals surface area contributed by atoms with E-state index in [9.17, 15) is 32.4 Å². The van der Waals surface area contributed by atoms with E-state index in [1.54, 1.807) is 30.3 Å². The number of hydrogen-bond donors (Lipinski definition) is 3. The molecule has 4 aliphatic rings. The number of sulfonamides is 1. The van der Waals surface area contributed by atoms with E-state index >= 15 is 0 Å². The van der Waals surface area contributed by atoms with Crippen LogP contribution >= 0.6 is 0 Å². The van der Waals surface area contributed by atoms with Crippen LogP contribution in [0.1, 0.15) is 67.3 Å². The molecule has 13 nitrogen and oxygen atoms in total. The van der Waals surface area contributed by atoms with Crippen molar-refractivity contribution in [2.45, 2.75) is 80.8 Å². The Balaban J connectivity index is 1.15. The van der Waals surface area contributed by atoms with E-state index in [2.05, 4.69) is 15.4 Å². The maximum absolute atomic E-state index is 14.4. The highest BCUT2D eigenvalue weighted by atomic mass is 32.2. The molecule has 0 radical (unpaired) electrons. The molecule has 3 N–H and O–H groups in total. The average molecular weight is 756 g/mol. The first-order valence-electron chi connectivity index (χ1n) is 18.7. The Morgan fingerprint density at radius 2 is 1.65 bits per heavy atom. The molecular formula is C40H45N5O8S. The summed E-state index contributed by atoms with van der Waals surface area (Å²) in [4.78, 5) is 72.2. The highest BCUT2D eigenvalue weighted by molar-refractivity contribution is 7.91. The van der Waals surface area contributed by atoms with Gasteiger partial charge in [0.1, 0.15) is 24.2 Å². The second-order valence-electron chi connectivity index (χ2n) is 14.6. The number of carbonyl (C=O) groups is 5. The van der Waals surface area contributed by atoms with Gasteiger partial charge in [0.15, 0.2) is 0 Å². The molecule has 284 valence electrons. The highest BCUT2D eigenvalue weighted by Gasteiger charge is 2.62. The maximum atomic E-state index is 14.4. The van der Waals surface area contributed by atoms with Gasteiger partial charge in [-0.25, -0.2) is 13.2 Å². The van der Waals surface area contributed by atoms with Crippen molar-refractivity contribution in [3.8, 4) is 0 Å². The molecule has 1 unspecified atom stereocenters. The molecular weight excluding hydrogens is 711 g/mol. The molecule has 5 amide bonds. The summed E-state index contributed by atoms with van der Waals surface area (Å²) in [6.07, 6.45) is 7.38. The summed E-state index contributed by atoms with van der Waals surface area (Å²) in [5.41, 5.74) is -0.364. The van der Waals surface area contributed by atoms with E-state index in [0.717, 1.165) is 29.2 Å². The summed E-state index contributed by atoms with van der Waals surface area (Å²) in [6, 6.07) is 19.8. The van der Waals surface area contributed by atoms with Gasteiger partial charge in [0, 0.05) is 24.6 Å². The second kappa shape index (κ2) is 15.6. The fourth-order valence-corrected chi connectivity index (χ4v) is 8.75. The molecule has 2 saturated carbocycles. The SMILES string of the molecule is O=C(N[C@H]1CCCCC/C=C/C2C[C@]2(C(=O)NS(=O)(=O)C2CC2)NC(=O)[C@@H]2CN(C(=O)OCc3cccc4ccccc34)CCN2C1=O)c1ccccc1. The molecule has 0 bridgehead atoms. The molecule has 2 aliphatic carbocycles. The van der Waals surface area contributed by atoms with Crippen LogP contribution in [0.2, 0.25) is 0 Å². The van der Waals surface area contributed by atoms with E-state index in [1.807, 2.05) is 54.6 Å². The van der Waals surface area contributed by atoms with Gasteiger partial charge in [-0.15, -0.1) is 0 Å². The van der Waals surface area contributed by atoms with Gasteiger partial charge in [-0.1, -0.05) is 85.7 Å². The summed E-state index contributed by atoms with van der Waals surface area (Å²) >= 11 is 0. The minimum absolute atomic E-state index is 0.0173. The zero-order valence-corrected chi connectivity index (χ0v) is 30.8. The standard InChI is InChI=1S/C40H45N5O8S/c46-35(28-13-5-4-6-14-28)41-33-19-8-3-1-2-7-17-30-24-40(30,38(49)43-54(51,52)31-20-21-31)42-36(47)34-25-44(22-23-45(34)37(33)48)39(50)53-26-29-16-11-15-27-12-9-10-18-32(27)29/h4-7,9-18,30-31,33-34H,1-3,8,19-26H2,(H,41,46)(H,42,47)(H,43,49)/b17-7+/t30?,33-,34-,40-/m0/s1. The highest BCUT2D eigenvalue weighted by Crippen LogP contribution is 2.46. The molecule has 54 heavy (non-hydrogen) atoms. The number of carbonyl (C=O) groups excluding carboxylic acids is 5.